The van der Waals surface area contributed by atoms with Crippen LogP contribution in [-0.4, -0.2) is 0 Å². The number of hydrogen-bond acceptors (Lipinski definition) is 2. The average molecular weight is 1030 g/mol. The molecule has 0 N–H and O–H groups in total. The van der Waals surface area contributed by atoms with Crippen molar-refractivity contribution < 1.29 is 8.83 Å². The van der Waals surface area contributed by atoms with Crippen molar-refractivity contribution >= 4 is 87.0 Å². The van der Waals surface area contributed by atoms with Crippen LogP contribution in [0.25, 0.3) is 109 Å². The molecule has 10 aromatic carbocycles. The molecule has 79 heavy (non-hydrogen) atoms. The van der Waals surface area contributed by atoms with E-state index in [1.54, 1.807) is 0 Å². The number of fused-ring (bicyclic) bond motifs is 28. The fourth-order valence-electron chi connectivity index (χ4n) is 16.8. The molecule has 0 radical (unpaired) electrons. The van der Waals surface area contributed by atoms with Crippen LogP contribution in [0.4, 0.5) is 0 Å². The summed E-state index contributed by atoms with van der Waals surface area (Å²) in [4.78, 5) is 0. The predicted molar refractivity (Wildman–Crippen MR) is 335 cm³/mol. The van der Waals surface area contributed by atoms with Gasteiger partial charge < -0.3 is 8.83 Å². The molecular formula is C77H72O2. The Bertz CT molecular complexity index is 4480. The van der Waals surface area contributed by atoms with Crippen molar-refractivity contribution in [1.29, 1.82) is 0 Å². The zero-order valence-electron chi connectivity index (χ0n) is 48.8. The van der Waals surface area contributed by atoms with Crippen molar-refractivity contribution in [3.63, 3.8) is 0 Å². The summed E-state index contributed by atoms with van der Waals surface area (Å²) in [6.07, 6.45) is 4.60. The van der Waals surface area contributed by atoms with Crippen molar-refractivity contribution in [1.82, 2.24) is 0 Å². The standard InChI is InChI=1S/C77H72O2/c1-71(2,3)59-39-53-63-49-37-51-47-25-29-57-67(75(11,12)33-31-73(57,7)8)69(47)78-61(51)35-41(49)23-27-55(63)77(65(53)45-21-17-15-19-43(45)59)56-28-24-42-36-62-52(48-26-30-58-68(70(48)79-62)76(13,14)34-32-74(58,9)10)38-50(42)64(56)54-40-60(72(4,5)6)44-20-16-18-22-46(44)66(54)77/h15-30,35-40H,31-34H2,1-14H3. The Kier molecular flexibility index (Phi) is 8.95. The summed E-state index contributed by atoms with van der Waals surface area (Å²) < 4.78 is 14.4. The Balaban J connectivity index is 1.09. The van der Waals surface area contributed by atoms with E-state index in [-0.39, 0.29) is 32.5 Å². The van der Waals surface area contributed by atoms with Crippen LogP contribution in [0.15, 0.2) is 142 Å². The highest BCUT2D eigenvalue weighted by Gasteiger charge is 2.55. The minimum absolute atomic E-state index is 0.00173. The second-order valence-corrected chi connectivity index (χ2v) is 29.6. The molecule has 1 spiro atoms. The maximum absolute atomic E-state index is 7.20. The predicted octanol–water partition coefficient (Wildman–Crippen LogP) is 21.7. The third-order valence-electron chi connectivity index (χ3n) is 20.9. The SMILES string of the molecule is CC(C)(C)c1cc2c(c3ccccc13)C1(c3ccc4cc5oc6c7c(ccc6c5cc4c3-2)C(C)(C)CCC7(C)C)c2ccc3cc4oc5c6c(ccc5c4cc3c2-c2cc(C(C)(C)C)c3ccccc3c21)C(C)(C)CCC6(C)C. The first-order valence-electron chi connectivity index (χ1n) is 29.5. The highest BCUT2D eigenvalue weighted by Crippen LogP contribution is 2.69. The third kappa shape index (κ3) is 5.98. The van der Waals surface area contributed by atoms with Gasteiger partial charge in [0.15, 0.2) is 0 Å². The minimum Gasteiger partial charge on any atom is -0.456 e. The zero-order chi connectivity index (χ0) is 54.6. The molecule has 4 aliphatic rings. The van der Waals surface area contributed by atoms with E-state index in [0.717, 1.165) is 35.2 Å². The van der Waals surface area contributed by atoms with Crippen LogP contribution < -0.4 is 0 Å². The molecule has 392 valence electrons. The van der Waals surface area contributed by atoms with E-state index in [2.05, 4.69) is 230 Å². The Morgan fingerprint density at radius 2 is 0.696 bits per heavy atom. The molecule has 0 saturated carbocycles. The maximum Gasteiger partial charge on any atom is 0.139 e. The van der Waals surface area contributed by atoms with E-state index in [1.807, 2.05) is 0 Å². The van der Waals surface area contributed by atoms with E-state index in [1.165, 1.54) is 155 Å². The number of rotatable bonds is 0. The molecule has 0 aliphatic heterocycles. The second-order valence-electron chi connectivity index (χ2n) is 29.6. The molecule has 2 nitrogen and oxygen atoms in total. The highest BCUT2D eigenvalue weighted by molar-refractivity contribution is 6.21. The lowest BCUT2D eigenvalue weighted by Gasteiger charge is -2.41. The van der Waals surface area contributed by atoms with Gasteiger partial charge in [-0.05, 0) is 204 Å². The summed E-state index contributed by atoms with van der Waals surface area (Å²) in [6.45, 7) is 33.7. The van der Waals surface area contributed by atoms with E-state index in [0.29, 0.717) is 0 Å². The Morgan fingerprint density at radius 3 is 1.09 bits per heavy atom. The fourth-order valence-corrected chi connectivity index (χ4v) is 16.8. The van der Waals surface area contributed by atoms with Crippen LogP contribution in [0, 0.1) is 0 Å². The molecule has 0 bridgehead atoms. The van der Waals surface area contributed by atoms with Gasteiger partial charge in [0, 0.05) is 32.7 Å². The number of benzene rings is 10. The van der Waals surface area contributed by atoms with Crippen LogP contribution in [0.2, 0.25) is 0 Å². The number of hydrogen-bond donors (Lipinski definition) is 0. The van der Waals surface area contributed by atoms with Crippen LogP contribution in [0.1, 0.15) is 178 Å². The largest absolute Gasteiger partial charge is 0.456 e. The van der Waals surface area contributed by atoms with Gasteiger partial charge in [0.1, 0.15) is 22.3 Å². The van der Waals surface area contributed by atoms with Gasteiger partial charge in [0.25, 0.3) is 0 Å². The monoisotopic (exact) mass is 1030 g/mol. The van der Waals surface area contributed by atoms with Gasteiger partial charge >= 0.3 is 0 Å². The molecule has 0 fully saturated rings. The van der Waals surface area contributed by atoms with Crippen LogP contribution >= 0.6 is 0 Å². The quantitative estimate of drug-likeness (QED) is 0.151. The molecule has 4 aliphatic carbocycles. The summed E-state index contributed by atoms with van der Waals surface area (Å²) >= 11 is 0. The second kappa shape index (κ2) is 14.8. The summed E-state index contributed by atoms with van der Waals surface area (Å²) in [6, 6.07) is 53.3. The van der Waals surface area contributed by atoms with Gasteiger partial charge in [-0.15, -0.1) is 0 Å². The topological polar surface area (TPSA) is 26.3 Å². The van der Waals surface area contributed by atoms with Crippen molar-refractivity contribution in [2.45, 2.75) is 161 Å². The smallest absolute Gasteiger partial charge is 0.139 e. The molecular weight excluding hydrogens is 957 g/mol. The first kappa shape index (κ1) is 47.8. The lowest BCUT2D eigenvalue weighted by Crippen LogP contribution is -2.33. The normalized spacial score (nSPS) is 18.3. The molecule has 0 saturated heterocycles. The van der Waals surface area contributed by atoms with Gasteiger partial charge in [-0.3, -0.25) is 0 Å². The van der Waals surface area contributed by atoms with E-state index >= 15 is 0 Å². The Labute approximate surface area is 465 Å². The van der Waals surface area contributed by atoms with Crippen LogP contribution in [0.3, 0.4) is 0 Å². The molecule has 0 amide bonds. The fraction of sp³-hybridized carbons (Fsp3) is 0.325. The van der Waals surface area contributed by atoms with Crippen molar-refractivity contribution in [3.05, 3.63) is 189 Å². The zero-order valence-corrected chi connectivity index (χ0v) is 48.8. The number of furan rings is 2. The van der Waals surface area contributed by atoms with Gasteiger partial charge in [0.05, 0.1) is 5.41 Å². The summed E-state index contributed by atoms with van der Waals surface area (Å²) in [5.41, 5.74) is 22.6. The summed E-state index contributed by atoms with van der Waals surface area (Å²) in [7, 11) is 0. The molecule has 16 rings (SSSR count). The van der Waals surface area contributed by atoms with E-state index in [4.69, 9.17) is 8.83 Å². The Morgan fingerprint density at radius 1 is 0.329 bits per heavy atom. The van der Waals surface area contributed by atoms with Gasteiger partial charge in [-0.1, -0.05) is 194 Å². The van der Waals surface area contributed by atoms with E-state index < -0.39 is 5.41 Å². The van der Waals surface area contributed by atoms with Crippen molar-refractivity contribution in [2.75, 3.05) is 0 Å². The Hall–Kier alpha value is -7.16. The van der Waals surface area contributed by atoms with E-state index in [9.17, 15) is 0 Å². The first-order chi connectivity index (χ1) is 37.4. The highest BCUT2D eigenvalue weighted by atomic mass is 16.3. The van der Waals surface area contributed by atoms with Crippen LogP contribution in [0.5, 0.6) is 0 Å². The molecule has 2 heterocycles. The molecule has 12 aromatic rings. The maximum atomic E-state index is 7.20. The lowest BCUT2D eigenvalue weighted by molar-refractivity contribution is 0.331. The molecule has 2 heteroatoms. The van der Waals surface area contributed by atoms with Crippen molar-refractivity contribution in [3.8, 4) is 22.3 Å². The summed E-state index contributed by atoms with van der Waals surface area (Å²) in [5, 5.41) is 15.1. The molecule has 2 aromatic heterocycles. The van der Waals surface area contributed by atoms with Gasteiger partial charge in [-0.25, -0.2) is 0 Å². The van der Waals surface area contributed by atoms with Crippen molar-refractivity contribution in [2.24, 2.45) is 0 Å². The molecule has 0 unspecified atom stereocenters. The average Bonchev–Trinajstić information content (AvgIpc) is 1.74. The van der Waals surface area contributed by atoms with Gasteiger partial charge in [-0.2, -0.15) is 0 Å². The third-order valence-corrected chi connectivity index (χ3v) is 20.9. The van der Waals surface area contributed by atoms with Crippen LogP contribution in [-0.2, 0) is 37.9 Å². The van der Waals surface area contributed by atoms with Gasteiger partial charge in [0.2, 0.25) is 0 Å². The minimum atomic E-state index is -0.673. The first-order valence-corrected chi connectivity index (χ1v) is 29.5. The lowest BCUT2D eigenvalue weighted by atomic mass is 9.63. The summed E-state index contributed by atoms with van der Waals surface area (Å²) in [5.74, 6) is 0. The molecule has 0 atom stereocenters.